The number of alkyl halides is 2. The molecule has 1 aromatic carbocycles. The zero-order valence-corrected chi connectivity index (χ0v) is 18.5. The molecule has 0 radical (unpaired) electrons. The average molecular weight is 455 g/mol. The summed E-state index contributed by atoms with van der Waals surface area (Å²) >= 11 is 0. The molecule has 3 aromatic rings. The molecule has 0 N–H and O–H groups in total. The number of hydrogen-bond acceptors (Lipinski definition) is 6. The summed E-state index contributed by atoms with van der Waals surface area (Å²) in [4.78, 5) is 17.3. The minimum Gasteiger partial charge on any atom is -0.496 e. The van der Waals surface area contributed by atoms with E-state index in [-0.39, 0.29) is 35.2 Å². The average Bonchev–Trinajstić information content (AvgIpc) is 3.18. The van der Waals surface area contributed by atoms with Gasteiger partial charge in [-0.05, 0) is 43.7 Å². The SMILES string of the molecule is COc1cc(-c2cnc3cc(C(C)(C)C#N)ccn23)cc(OC(F)F)c1C(=O)CC1COC1. The van der Waals surface area contributed by atoms with Gasteiger partial charge >= 0.3 is 6.61 Å². The number of nitriles is 1. The third kappa shape index (κ3) is 4.39. The van der Waals surface area contributed by atoms with E-state index in [1.807, 2.05) is 19.9 Å². The Labute approximate surface area is 189 Å². The number of fused-ring (bicyclic) bond motifs is 1. The molecule has 3 heterocycles. The summed E-state index contributed by atoms with van der Waals surface area (Å²) in [6.45, 7) is 1.44. The summed E-state index contributed by atoms with van der Waals surface area (Å²) in [5.74, 6) is -0.400. The first-order valence-electron chi connectivity index (χ1n) is 10.4. The van der Waals surface area contributed by atoms with Gasteiger partial charge in [-0.25, -0.2) is 4.98 Å². The summed E-state index contributed by atoms with van der Waals surface area (Å²) in [5.41, 5.74) is 1.77. The fourth-order valence-electron chi connectivity index (χ4n) is 3.78. The fourth-order valence-corrected chi connectivity index (χ4v) is 3.78. The van der Waals surface area contributed by atoms with Crippen molar-refractivity contribution in [2.45, 2.75) is 32.3 Å². The molecular formula is C24H23F2N3O4. The minimum absolute atomic E-state index is 0.0136. The maximum Gasteiger partial charge on any atom is 0.387 e. The first-order valence-corrected chi connectivity index (χ1v) is 10.4. The van der Waals surface area contributed by atoms with Crippen molar-refractivity contribution in [2.24, 2.45) is 5.92 Å². The van der Waals surface area contributed by atoms with Crippen molar-refractivity contribution in [3.63, 3.8) is 0 Å². The van der Waals surface area contributed by atoms with E-state index in [4.69, 9.17) is 14.2 Å². The van der Waals surface area contributed by atoms with Gasteiger partial charge in [-0.3, -0.25) is 9.20 Å². The van der Waals surface area contributed by atoms with Crippen LogP contribution < -0.4 is 9.47 Å². The van der Waals surface area contributed by atoms with E-state index in [2.05, 4.69) is 11.1 Å². The van der Waals surface area contributed by atoms with Gasteiger partial charge in [0, 0.05) is 24.1 Å². The van der Waals surface area contributed by atoms with Crippen molar-refractivity contribution in [1.82, 2.24) is 9.38 Å². The molecule has 4 rings (SSSR count). The summed E-state index contributed by atoms with van der Waals surface area (Å²) in [6.07, 6.45) is 3.51. The van der Waals surface area contributed by atoms with Crippen molar-refractivity contribution >= 4 is 11.4 Å². The maximum absolute atomic E-state index is 13.2. The number of benzene rings is 1. The Balaban J connectivity index is 1.80. The third-order valence-electron chi connectivity index (χ3n) is 5.77. The van der Waals surface area contributed by atoms with Crippen molar-refractivity contribution in [3.8, 4) is 28.8 Å². The molecule has 0 unspecified atom stereocenters. The lowest BCUT2D eigenvalue weighted by atomic mass is 9.87. The summed E-state index contributed by atoms with van der Waals surface area (Å²) < 4.78 is 43.5. The number of carbonyl (C=O) groups is 1. The van der Waals surface area contributed by atoms with E-state index in [1.54, 1.807) is 28.9 Å². The van der Waals surface area contributed by atoms with Gasteiger partial charge in [0.2, 0.25) is 0 Å². The molecule has 0 saturated carbocycles. The van der Waals surface area contributed by atoms with Crippen LogP contribution in [0.2, 0.25) is 0 Å². The van der Waals surface area contributed by atoms with Gasteiger partial charge in [0.1, 0.15) is 22.7 Å². The van der Waals surface area contributed by atoms with Gasteiger partial charge in [-0.15, -0.1) is 0 Å². The number of methoxy groups -OCH3 is 1. The topological polar surface area (TPSA) is 85.9 Å². The number of carbonyl (C=O) groups excluding carboxylic acids is 1. The first-order chi connectivity index (χ1) is 15.7. The van der Waals surface area contributed by atoms with Crippen LogP contribution in [-0.2, 0) is 10.2 Å². The van der Waals surface area contributed by atoms with Crippen LogP contribution >= 0.6 is 0 Å². The number of ketones is 1. The van der Waals surface area contributed by atoms with Crippen LogP contribution in [0.5, 0.6) is 11.5 Å². The highest BCUT2D eigenvalue weighted by molar-refractivity contribution is 6.02. The molecule has 2 aromatic heterocycles. The molecule has 172 valence electrons. The molecule has 0 aliphatic carbocycles. The van der Waals surface area contributed by atoms with E-state index in [0.29, 0.717) is 30.1 Å². The highest BCUT2D eigenvalue weighted by atomic mass is 19.3. The Morgan fingerprint density at radius 1 is 1.33 bits per heavy atom. The number of pyridine rings is 1. The third-order valence-corrected chi connectivity index (χ3v) is 5.77. The van der Waals surface area contributed by atoms with Crippen LogP contribution in [0.1, 0.15) is 36.2 Å². The lowest BCUT2D eigenvalue weighted by Crippen LogP contribution is -2.30. The molecule has 1 aliphatic heterocycles. The predicted octanol–water partition coefficient (Wildman–Crippen LogP) is 4.63. The quantitative estimate of drug-likeness (QED) is 0.461. The molecule has 9 heteroatoms. The summed E-state index contributed by atoms with van der Waals surface area (Å²) in [6, 6.07) is 8.89. The lowest BCUT2D eigenvalue weighted by molar-refractivity contribution is -0.0505. The molecule has 0 atom stereocenters. The van der Waals surface area contributed by atoms with Crippen LogP contribution in [0.4, 0.5) is 8.78 Å². The number of imidazole rings is 1. The van der Waals surface area contributed by atoms with E-state index in [0.717, 1.165) is 5.56 Å². The predicted molar refractivity (Wildman–Crippen MR) is 116 cm³/mol. The van der Waals surface area contributed by atoms with E-state index >= 15 is 0 Å². The zero-order valence-electron chi connectivity index (χ0n) is 18.5. The molecule has 1 aliphatic rings. The molecule has 1 saturated heterocycles. The van der Waals surface area contributed by atoms with Crippen molar-refractivity contribution in [2.75, 3.05) is 20.3 Å². The first kappa shape index (κ1) is 22.7. The number of ether oxygens (including phenoxy) is 3. The second kappa shape index (κ2) is 8.79. The number of aromatic nitrogens is 2. The number of hydrogen-bond donors (Lipinski definition) is 0. The molecular weight excluding hydrogens is 432 g/mol. The molecule has 0 spiro atoms. The normalized spacial score (nSPS) is 14.2. The minimum atomic E-state index is -3.11. The molecule has 33 heavy (non-hydrogen) atoms. The Bertz CT molecular complexity index is 1240. The highest BCUT2D eigenvalue weighted by Gasteiger charge is 2.28. The van der Waals surface area contributed by atoms with E-state index < -0.39 is 12.0 Å². The number of halogens is 2. The van der Waals surface area contributed by atoms with Crippen molar-refractivity contribution < 1.29 is 27.8 Å². The van der Waals surface area contributed by atoms with Gasteiger partial charge in [0.15, 0.2) is 5.78 Å². The number of rotatable bonds is 8. The second-order valence-corrected chi connectivity index (χ2v) is 8.48. The maximum atomic E-state index is 13.2. The zero-order chi connectivity index (χ0) is 23.8. The van der Waals surface area contributed by atoms with Crippen LogP contribution in [0.15, 0.2) is 36.7 Å². The van der Waals surface area contributed by atoms with Gasteiger partial charge < -0.3 is 14.2 Å². The summed E-state index contributed by atoms with van der Waals surface area (Å²) in [5, 5.41) is 9.41. The van der Waals surface area contributed by atoms with E-state index in [9.17, 15) is 18.8 Å². The largest absolute Gasteiger partial charge is 0.496 e. The summed E-state index contributed by atoms with van der Waals surface area (Å²) in [7, 11) is 1.37. The van der Waals surface area contributed by atoms with Crippen molar-refractivity contribution in [3.05, 3.63) is 47.8 Å². The Kier molecular flexibility index (Phi) is 6.04. The molecule has 0 bridgehead atoms. The fraction of sp³-hybridized carbons (Fsp3) is 0.375. The number of Topliss-reactive ketones (excluding diaryl/α,β-unsaturated/α-hetero) is 1. The van der Waals surface area contributed by atoms with Crippen LogP contribution in [0.3, 0.4) is 0 Å². The molecule has 7 nitrogen and oxygen atoms in total. The Morgan fingerprint density at radius 2 is 2.06 bits per heavy atom. The Hall–Kier alpha value is -3.51. The van der Waals surface area contributed by atoms with Gasteiger partial charge in [0.25, 0.3) is 0 Å². The van der Waals surface area contributed by atoms with Gasteiger partial charge in [-0.2, -0.15) is 14.0 Å². The molecule has 1 fully saturated rings. The number of nitrogens with zero attached hydrogens (tertiary/aromatic N) is 3. The Morgan fingerprint density at radius 3 is 2.67 bits per heavy atom. The van der Waals surface area contributed by atoms with Crippen LogP contribution in [0, 0.1) is 17.2 Å². The highest BCUT2D eigenvalue weighted by Crippen LogP contribution is 2.38. The monoisotopic (exact) mass is 455 g/mol. The van der Waals surface area contributed by atoms with Gasteiger partial charge in [-0.1, -0.05) is 0 Å². The smallest absolute Gasteiger partial charge is 0.387 e. The lowest BCUT2D eigenvalue weighted by Gasteiger charge is -2.25. The van der Waals surface area contributed by atoms with Crippen molar-refractivity contribution in [1.29, 1.82) is 5.26 Å². The van der Waals surface area contributed by atoms with Gasteiger partial charge in [0.05, 0.1) is 43.7 Å². The van der Waals surface area contributed by atoms with Crippen LogP contribution in [0.25, 0.3) is 16.9 Å². The second-order valence-electron chi connectivity index (χ2n) is 8.48. The van der Waals surface area contributed by atoms with Crippen LogP contribution in [-0.4, -0.2) is 42.1 Å². The standard InChI is InChI=1S/C24H23F2N3O4/c1-24(2,13-27)16-4-5-29-17(10-28-21(29)9-16)15-7-19(31-3)22(20(8-15)33-23(25)26)18(30)6-14-11-32-12-14/h4-5,7-10,14,23H,6,11-12H2,1-3H3. The van der Waals surface area contributed by atoms with E-state index in [1.165, 1.54) is 13.2 Å². The molecule has 0 amide bonds.